The molecule has 0 fully saturated rings. The first-order chi connectivity index (χ1) is 8.57. The van der Waals surface area contributed by atoms with Crippen molar-refractivity contribution < 1.29 is 14.1 Å². The molecule has 0 heterocycles. The molecular formula is C12H13Cl3O3S. The molecule has 7 heteroatoms. The summed E-state index contributed by atoms with van der Waals surface area (Å²) in [6.45, 7) is 5.08. The minimum atomic E-state index is -1.75. The highest BCUT2D eigenvalue weighted by Gasteiger charge is 2.31. The molecule has 0 aromatic heterocycles. The van der Waals surface area contributed by atoms with Crippen LogP contribution in [-0.4, -0.2) is 20.5 Å². The molecule has 0 unspecified atom stereocenters. The van der Waals surface area contributed by atoms with Crippen LogP contribution in [0.15, 0.2) is 17.0 Å². The molecule has 0 radical (unpaired) electrons. The van der Waals surface area contributed by atoms with Crippen molar-refractivity contribution in [1.29, 1.82) is 0 Å². The summed E-state index contributed by atoms with van der Waals surface area (Å²) in [5.74, 6) is -1.10. The number of aromatic carboxylic acids is 1. The number of rotatable bonds is 3. The normalized spacial score (nSPS) is 13.6. The Balaban J connectivity index is 3.65. The summed E-state index contributed by atoms with van der Waals surface area (Å²) in [6.07, 6.45) is 0. The third kappa shape index (κ3) is 3.63. The highest BCUT2D eigenvalue weighted by Crippen LogP contribution is 2.43. The molecule has 3 nitrogen and oxygen atoms in total. The van der Waals surface area contributed by atoms with Crippen molar-refractivity contribution in [2.75, 3.05) is 0 Å². The molecule has 0 spiro atoms. The van der Waals surface area contributed by atoms with E-state index >= 15 is 0 Å². The number of halogens is 3. The maximum absolute atomic E-state index is 12.3. The maximum Gasteiger partial charge on any atom is 0.335 e. The molecule has 0 aliphatic rings. The Hall–Kier alpha value is -0.290. The number of hydrogen-bond donors (Lipinski definition) is 1. The van der Waals surface area contributed by atoms with Gasteiger partial charge in [0.25, 0.3) is 0 Å². The molecule has 0 aliphatic heterocycles. The molecule has 1 aromatic rings. The van der Waals surface area contributed by atoms with E-state index in [9.17, 15) is 9.00 Å². The van der Waals surface area contributed by atoms with Crippen molar-refractivity contribution >= 4 is 51.6 Å². The van der Waals surface area contributed by atoms with Crippen molar-refractivity contribution in [3.8, 4) is 0 Å². The summed E-state index contributed by atoms with van der Waals surface area (Å²) in [6, 6.07) is 2.76. The molecule has 1 aromatic carbocycles. The van der Waals surface area contributed by atoms with Gasteiger partial charge in [-0.1, -0.05) is 54.7 Å². The lowest BCUT2D eigenvalue weighted by Crippen LogP contribution is -2.16. The van der Waals surface area contributed by atoms with E-state index in [0.717, 1.165) is 0 Å². The Bertz CT molecular complexity index is 536. The molecule has 0 saturated heterocycles. The standard InChI is InChI=1S/C12H13Cl3O3S/c1-6(2)19(18)10-7(3)8(11(16)17)4-5-9(10)12(13,14)15/h4-6H,1-3H3,(H,16,17)/t19-/m0/s1. The van der Waals surface area contributed by atoms with Crippen LogP contribution in [0, 0.1) is 6.92 Å². The number of carbonyl (C=O) groups is 1. The van der Waals surface area contributed by atoms with Gasteiger partial charge in [0.05, 0.1) is 21.3 Å². The van der Waals surface area contributed by atoms with Gasteiger partial charge in [0.1, 0.15) is 0 Å². The van der Waals surface area contributed by atoms with E-state index in [-0.39, 0.29) is 21.3 Å². The summed E-state index contributed by atoms with van der Waals surface area (Å²) in [4.78, 5) is 11.4. The highest BCUT2D eigenvalue weighted by atomic mass is 35.6. The fourth-order valence-corrected chi connectivity index (χ4v) is 3.60. The minimum Gasteiger partial charge on any atom is -0.478 e. The van der Waals surface area contributed by atoms with Crippen molar-refractivity contribution in [3.63, 3.8) is 0 Å². The number of carboxylic acid groups (broad SMARTS) is 1. The zero-order valence-corrected chi connectivity index (χ0v) is 13.6. The SMILES string of the molecule is Cc1c(C(=O)O)ccc(C(Cl)(Cl)Cl)c1[S@@](=O)C(C)C. The van der Waals surface area contributed by atoms with Gasteiger partial charge in [-0.2, -0.15) is 0 Å². The van der Waals surface area contributed by atoms with E-state index in [1.165, 1.54) is 12.1 Å². The minimum absolute atomic E-state index is 0.0574. The Labute approximate surface area is 129 Å². The lowest BCUT2D eigenvalue weighted by atomic mass is 10.1. The van der Waals surface area contributed by atoms with Crippen LogP contribution in [0.4, 0.5) is 0 Å². The van der Waals surface area contributed by atoms with Gasteiger partial charge in [-0.05, 0) is 18.6 Å². The van der Waals surface area contributed by atoms with Crippen LogP contribution in [0.3, 0.4) is 0 Å². The van der Waals surface area contributed by atoms with E-state index < -0.39 is 20.6 Å². The fourth-order valence-electron chi connectivity index (χ4n) is 1.64. The number of carboxylic acids is 1. The summed E-state index contributed by atoms with van der Waals surface area (Å²) in [5, 5.41) is 8.89. The number of benzene rings is 1. The van der Waals surface area contributed by atoms with Gasteiger partial charge in [0.2, 0.25) is 3.79 Å². The first-order valence-corrected chi connectivity index (χ1v) is 7.76. The van der Waals surface area contributed by atoms with Gasteiger partial charge in [-0.3, -0.25) is 4.21 Å². The quantitative estimate of drug-likeness (QED) is 0.843. The average molecular weight is 344 g/mol. The first-order valence-electron chi connectivity index (χ1n) is 5.42. The molecule has 106 valence electrons. The van der Waals surface area contributed by atoms with Gasteiger partial charge in [-0.25, -0.2) is 4.79 Å². The fraction of sp³-hybridized carbons (Fsp3) is 0.417. The van der Waals surface area contributed by atoms with Crippen LogP contribution in [0.25, 0.3) is 0 Å². The van der Waals surface area contributed by atoms with Crippen LogP contribution >= 0.6 is 34.8 Å². The second-order valence-electron chi connectivity index (χ2n) is 4.26. The molecule has 0 aliphatic carbocycles. The van der Waals surface area contributed by atoms with Crippen LogP contribution in [-0.2, 0) is 14.6 Å². The molecule has 19 heavy (non-hydrogen) atoms. The van der Waals surface area contributed by atoms with Crippen LogP contribution in [0.1, 0.15) is 35.3 Å². The Morgan fingerprint density at radius 2 is 1.84 bits per heavy atom. The Morgan fingerprint density at radius 3 is 2.21 bits per heavy atom. The molecule has 1 rings (SSSR count). The third-order valence-electron chi connectivity index (χ3n) is 2.57. The number of alkyl halides is 3. The molecule has 0 bridgehead atoms. The zero-order chi connectivity index (χ0) is 15.0. The van der Waals surface area contributed by atoms with Gasteiger partial charge < -0.3 is 5.11 Å². The molecular weight excluding hydrogens is 331 g/mol. The van der Waals surface area contributed by atoms with Crippen molar-refractivity contribution in [1.82, 2.24) is 0 Å². The summed E-state index contributed by atoms with van der Waals surface area (Å²) >= 11 is 17.6. The van der Waals surface area contributed by atoms with Gasteiger partial charge >= 0.3 is 5.97 Å². The monoisotopic (exact) mass is 342 g/mol. The first kappa shape index (κ1) is 16.8. The lowest BCUT2D eigenvalue weighted by Gasteiger charge is -2.20. The van der Waals surface area contributed by atoms with Gasteiger partial charge in [-0.15, -0.1) is 0 Å². The van der Waals surface area contributed by atoms with E-state index in [1.54, 1.807) is 20.8 Å². The summed E-state index contributed by atoms with van der Waals surface area (Å²) in [7, 11) is -1.45. The second kappa shape index (κ2) is 6.00. The molecule has 0 amide bonds. The van der Waals surface area contributed by atoms with E-state index in [2.05, 4.69) is 0 Å². The molecule has 1 atom stereocenters. The second-order valence-corrected chi connectivity index (χ2v) is 8.49. The van der Waals surface area contributed by atoms with Gasteiger partial charge in [0.15, 0.2) is 0 Å². The zero-order valence-electron chi connectivity index (χ0n) is 10.5. The number of hydrogen-bond acceptors (Lipinski definition) is 2. The molecule has 1 N–H and O–H groups in total. The average Bonchev–Trinajstić information content (AvgIpc) is 2.25. The van der Waals surface area contributed by atoms with Crippen molar-refractivity contribution in [2.24, 2.45) is 0 Å². The van der Waals surface area contributed by atoms with E-state index in [1.807, 2.05) is 0 Å². The van der Waals surface area contributed by atoms with Crippen LogP contribution in [0.5, 0.6) is 0 Å². The largest absolute Gasteiger partial charge is 0.478 e. The van der Waals surface area contributed by atoms with Crippen molar-refractivity contribution in [3.05, 3.63) is 28.8 Å². The van der Waals surface area contributed by atoms with Crippen LogP contribution in [0.2, 0.25) is 0 Å². The topological polar surface area (TPSA) is 54.4 Å². The Morgan fingerprint density at radius 1 is 1.32 bits per heavy atom. The van der Waals surface area contributed by atoms with Crippen LogP contribution < -0.4 is 0 Å². The van der Waals surface area contributed by atoms with E-state index in [4.69, 9.17) is 39.9 Å². The van der Waals surface area contributed by atoms with Crippen molar-refractivity contribution in [2.45, 2.75) is 34.7 Å². The van der Waals surface area contributed by atoms with E-state index in [0.29, 0.717) is 5.56 Å². The predicted octanol–water partition coefficient (Wildman–Crippen LogP) is 4.04. The molecule has 0 saturated carbocycles. The summed E-state index contributed by atoms with van der Waals surface area (Å²) < 4.78 is 10.6. The van der Waals surface area contributed by atoms with Gasteiger partial charge in [0, 0.05) is 10.8 Å². The highest BCUT2D eigenvalue weighted by molar-refractivity contribution is 7.85. The lowest BCUT2D eigenvalue weighted by molar-refractivity contribution is 0.0695. The third-order valence-corrected chi connectivity index (χ3v) is 4.97. The smallest absolute Gasteiger partial charge is 0.335 e. The summed E-state index contributed by atoms with van der Waals surface area (Å²) in [5.41, 5.74) is 0.678. The maximum atomic E-state index is 12.3. The Kier molecular flexibility index (Phi) is 5.29. The predicted molar refractivity (Wildman–Crippen MR) is 78.9 cm³/mol.